The summed E-state index contributed by atoms with van der Waals surface area (Å²) < 4.78 is 7.89. The number of aromatic nitrogens is 6. The zero-order valence-corrected chi connectivity index (χ0v) is 19.8. The van der Waals surface area contributed by atoms with Gasteiger partial charge in [-0.2, -0.15) is 14.6 Å². The summed E-state index contributed by atoms with van der Waals surface area (Å²) >= 11 is 9.12. The van der Waals surface area contributed by atoms with Crippen LogP contribution < -0.4 is 5.69 Å². The molecule has 0 radical (unpaired) electrons. The van der Waals surface area contributed by atoms with Crippen molar-refractivity contribution in [2.45, 2.75) is 22.2 Å². The summed E-state index contributed by atoms with van der Waals surface area (Å²) in [6.07, 6.45) is 2.02. The molecule has 0 amide bonds. The van der Waals surface area contributed by atoms with E-state index in [0.717, 1.165) is 16.0 Å². The average Bonchev–Trinajstić information content (AvgIpc) is 3.43. The van der Waals surface area contributed by atoms with Gasteiger partial charge in [-0.1, -0.05) is 40.7 Å². The highest BCUT2D eigenvalue weighted by atomic mass is 35.5. The van der Waals surface area contributed by atoms with Crippen molar-refractivity contribution in [3.05, 3.63) is 87.6 Å². The molecule has 5 aromatic rings. The Labute approximate surface area is 202 Å². The second-order valence-electron chi connectivity index (χ2n) is 7.04. The highest BCUT2D eigenvalue weighted by molar-refractivity contribution is 7.98. The fourth-order valence-electron chi connectivity index (χ4n) is 3.11. The van der Waals surface area contributed by atoms with E-state index in [4.69, 9.17) is 16.1 Å². The molecule has 0 saturated carbocycles. The molecule has 0 aliphatic carbocycles. The molecule has 0 atom stereocenters. The van der Waals surface area contributed by atoms with Crippen LogP contribution in [-0.4, -0.2) is 35.8 Å². The lowest BCUT2D eigenvalue weighted by Gasteiger charge is -2.01. The summed E-state index contributed by atoms with van der Waals surface area (Å²) in [4.78, 5) is 18.4. The monoisotopic (exact) mass is 496 g/mol. The summed E-state index contributed by atoms with van der Waals surface area (Å²) in [5.74, 6) is 1.47. The van der Waals surface area contributed by atoms with E-state index in [1.807, 2.05) is 60.9 Å². The minimum Gasteiger partial charge on any atom is -0.337 e. The second-order valence-corrected chi connectivity index (χ2v) is 9.35. The standard InChI is InChI=1S/C22H17ClN6O2S2/c1-32-17-8-4-15(5-9-17)21-24-19(31-27-21)12-28-22(30)29-18(25-28)10-11-20(26-29)33-13-14-2-6-16(23)7-3-14/h2-11H,12-13H2,1H3. The summed E-state index contributed by atoms with van der Waals surface area (Å²) in [5.41, 5.74) is 2.03. The maximum Gasteiger partial charge on any atom is 0.367 e. The molecule has 166 valence electrons. The third-order valence-electron chi connectivity index (χ3n) is 4.82. The van der Waals surface area contributed by atoms with Crippen LogP contribution >= 0.6 is 35.1 Å². The predicted octanol–water partition coefficient (Wildman–Crippen LogP) is 4.66. The zero-order valence-electron chi connectivity index (χ0n) is 17.4. The van der Waals surface area contributed by atoms with E-state index in [1.165, 1.54) is 21.0 Å². The number of benzene rings is 2. The fraction of sp³-hybridized carbons (Fsp3) is 0.136. The highest BCUT2D eigenvalue weighted by Gasteiger charge is 2.14. The summed E-state index contributed by atoms with van der Waals surface area (Å²) in [6, 6.07) is 19.1. The molecule has 0 N–H and O–H groups in total. The van der Waals surface area contributed by atoms with Crippen molar-refractivity contribution >= 4 is 40.8 Å². The topological polar surface area (TPSA) is 91.1 Å². The van der Waals surface area contributed by atoms with Gasteiger partial charge in [0, 0.05) is 21.2 Å². The Bertz CT molecular complexity index is 1460. The maximum atomic E-state index is 12.8. The van der Waals surface area contributed by atoms with E-state index in [1.54, 1.807) is 17.8 Å². The first-order valence-electron chi connectivity index (χ1n) is 9.90. The Kier molecular flexibility index (Phi) is 6.21. The van der Waals surface area contributed by atoms with Crippen molar-refractivity contribution in [3.8, 4) is 11.4 Å². The molecule has 0 saturated heterocycles. The Balaban J connectivity index is 1.32. The number of halogens is 1. The van der Waals surface area contributed by atoms with E-state index in [-0.39, 0.29) is 12.2 Å². The minimum absolute atomic E-state index is 0.0609. The lowest BCUT2D eigenvalue weighted by atomic mass is 10.2. The van der Waals surface area contributed by atoms with Crippen LogP contribution in [0.5, 0.6) is 0 Å². The number of nitrogens with zero attached hydrogens (tertiary/aromatic N) is 6. The number of hydrogen-bond donors (Lipinski definition) is 0. The average molecular weight is 497 g/mol. The van der Waals surface area contributed by atoms with Crippen molar-refractivity contribution in [2.75, 3.05) is 6.26 Å². The van der Waals surface area contributed by atoms with Gasteiger partial charge in [-0.05, 0) is 60.4 Å². The number of fused-ring (bicyclic) bond motifs is 1. The number of hydrogen-bond acceptors (Lipinski definition) is 8. The molecule has 0 spiro atoms. The molecule has 0 bridgehead atoms. The third kappa shape index (κ3) is 4.82. The van der Waals surface area contributed by atoms with Gasteiger partial charge < -0.3 is 4.52 Å². The van der Waals surface area contributed by atoms with Gasteiger partial charge in [-0.15, -0.1) is 16.9 Å². The third-order valence-corrected chi connectivity index (χ3v) is 6.80. The quantitative estimate of drug-likeness (QED) is 0.300. The van der Waals surface area contributed by atoms with Crippen LogP contribution in [-0.2, 0) is 12.3 Å². The molecule has 0 aliphatic rings. The van der Waals surface area contributed by atoms with Crippen molar-refractivity contribution < 1.29 is 4.52 Å². The second kappa shape index (κ2) is 9.42. The van der Waals surface area contributed by atoms with Crippen molar-refractivity contribution in [1.82, 2.24) is 29.5 Å². The van der Waals surface area contributed by atoms with Crippen LogP contribution in [0.15, 0.2) is 79.9 Å². The van der Waals surface area contributed by atoms with Gasteiger partial charge in [-0.3, -0.25) is 0 Å². The van der Waals surface area contributed by atoms with Crippen LogP contribution in [0.4, 0.5) is 0 Å². The first-order chi connectivity index (χ1) is 16.1. The smallest absolute Gasteiger partial charge is 0.337 e. The molecule has 8 nitrogen and oxygen atoms in total. The van der Waals surface area contributed by atoms with Gasteiger partial charge in [0.05, 0.1) is 0 Å². The van der Waals surface area contributed by atoms with Crippen LogP contribution in [0.2, 0.25) is 5.02 Å². The van der Waals surface area contributed by atoms with Crippen LogP contribution in [0.3, 0.4) is 0 Å². The van der Waals surface area contributed by atoms with Crippen LogP contribution in [0, 0.1) is 0 Å². The zero-order chi connectivity index (χ0) is 22.8. The maximum absolute atomic E-state index is 12.8. The van der Waals surface area contributed by atoms with Crippen molar-refractivity contribution in [3.63, 3.8) is 0 Å². The Morgan fingerprint density at radius 2 is 1.79 bits per heavy atom. The largest absolute Gasteiger partial charge is 0.367 e. The Morgan fingerprint density at radius 3 is 2.55 bits per heavy atom. The first-order valence-corrected chi connectivity index (χ1v) is 12.5. The van der Waals surface area contributed by atoms with Crippen molar-refractivity contribution in [2.24, 2.45) is 0 Å². The van der Waals surface area contributed by atoms with Gasteiger partial charge in [0.2, 0.25) is 11.7 Å². The van der Waals surface area contributed by atoms with Gasteiger partial charge in [0.25, 0.3) is 0 Å². The fourth-order valence-corrected chi connectivity index (χ4v) is 4.46. The molecule has 11 heteroatoms. The van der Waals surface area contributed by atoms with Gasteiger partial charge in [0.15, 0.2) is 5.65 Å². The molecule has 3 aromatic heterocycles. The predicted molar refractivity (Wildman–Crippen MR) is 129 cm³/mol. The lowest BCUT2D eigenvalue weighted by molar-refractivity contribution is 0.364. The minimum atomic E-state index is -0.372. The number of rotatable bonds is 7. The lowest BCUT2D eigenvalue weighted by Crippen LogP contribution is -2.23. The Hall–Kier alpha value is -3.08. The van der Waals surface area contributed by atoms with E-state index in [9.17, 15) is 4.79 Å². The number of thioether (sulfide) groups is 2. The molecule has 0 unspecified atom stereocenters. The molecule has 0 aliphatic heterocycles. The Morgan fingerprint density at radius 1 is 1.00 bits per heavy atom. The molecular formula is C22H17ClN6O2S2. The molecule has 3 heterocycles. The normalized spacial score (nSPS) is 11.3. The van der Waals surface area contributed by atoms with E-state index in [0.29, 0.717) is 33.2 Å². The van der Waals surface area contributed by atoms with E-state index >= 15 is 0 Å². The van der Waals surface area contributed by atoms with Crippen LogP contribution in [0.25, 0.3) is 17.0 Å². The molecular weight excluding hydrogens is 480 g/mol. The van der Waals surface area contributed by atoms with Gasteiger partial charge in [-0.25, -0.2) is 9.48 Å². The summed E-state index contributed by atoms with van der Waals surface area (Å²) in [7, 11) is 0. The first kappa shape index (κ1) is 21.7. The highest BCUT2D eigenvalue weighted by Crippen LogP contribution is 2.22. The summed E-state index contributed by atoms with van der Waals surface area (Å²) in [6.45, 7) is 0.0609. The van der Waals surface area contributed by atoms with Gasteiger partial charge in [0.1, 0.15) is 11.6 Å². The molecule has 0 fully saturated rings. The molecule has 5 rings (SSSR count). The van der Waals surface area contributed by atoms with E-state index in [2.05, 4.69) is 20.3 Å². The molecule has 2 aromatic carbocycles. The van der Waals surface area contributed by atoms with E-state index < -0.39 is 0 Å². The van der Waals surface area contributed by atoms with Gasteiger partial charge >= 0.3 is 5.69 Å². The molecule has 33 heavy (non-hydrogen) atoms. The summed E-state index contributed by atoms with van der Waals surface area (Å²) in [5, 5.41) is 14.2. The SMILES string of the molecule is CSc1ccc(-c2noc(Cn3nc4ccc(SCc5ccc(Cl)cc5)nn4c3=O)n2)cc1. The van der Waals surface area contributed by atoms with Crippen LogP contribution in [0.1, 0.15) is 11.5 Å². The van der Waals surface area contributed by atoms with Crippen molar-refractivity contribution in [1.29, 1.82) is 0 Å².